The first-order valence-electron chi connectivity index (χ1n) is 5.43. The lowest BCUT2D eigenvalue weighted by Crippen LogP contribution is -1.78. The molecular weight excluding hydrogens is 156 g/mol. The molecule has 0 aromatic heterocycles. The van der Waals surface area contributed by atoms with Crippen molar-refractivity contribution in [1.82, 2.24) is 0 Å². The first-order valence-corrected chi connectivity index (χ1v) is 5.43. The third kappa shape index (κ3) is 9.13. The van der Waals surface area contributed by atoms with Gasteiger partial charge in [-0.3, -0.25) is 0 Å². The summed E-state index contributed by atoms with van der Waals surface area (Å²) in [7, 11) is 0. The highest BCUT2D eigenvalue weighted by atomic mass is 14.0. The quantitative estimate of drug-likeness (QED) is 0.539. The van der Waals surface area contributed by atoms with Crippen LogP contribution >= 0.6 is 0 Å². The normalized spacial score (nSPS) is 13.8. The minimum Gasteiger partial charge on any atom is -0.0871 e. The zero-order valence-electron chi connectivity index (χ0n) is 9.80. The van der Waals surface area contributed by atoms with E-state index in [2.05, 4.69) is 30.4 Å². The summed E-state index contributed by atoms with van der Waals surface area (Å²) in [6.07, 6.45) is 13.3. The first kappa shape index (κ1) is 14.7. The molecule has 0 bridgehead atoms. The predicted octanol–water partition coefficient (Wildman–Crippen LogP) is 4.89. The minimum absolute atomic E-state index is 1.20. The molecule has 0 heterocycles. The van der Waals surface area contributed by atoms with E-state index in [4.69, 9.17) is 0 Å². The van der Waals surface area contributed by atoms with E-state index in [9.17, 15) is 0 Å². The maximum Gasteiger partial charge on any atom is -0.0303 e. The van der Waals surface area contributed by atoms with Crippen molar-refractivity contribution in [2.24, 2.45) is 0 Å². The highest BCUT2D eigenvalue weighted by molar-refractivity contribution is 5.32. The monoisotopic (exact) mass is 180 g/mol. The maximum absolute atomic E-state index is 2.26. The number of allylic oxidation sites excluding steroid dienone is 6. The Balaban J connectivity index is 0. The summed E-state index contributed by atoms with van der Waals surface area (Å²) in [4.78, 5) is 0. The van der Waals surface area contributed by atoms with Crippen LogP contribution in [0.2, 0.25) is 0 Å². The van der Waals surface area contributed by atoms with E-state index in [1.165, 1.54) is 18.4 Å². The van der Waals surface area contributed by atoms with Crippen molar-refractivity contribution in [1.29, 1.82) is 0 Å². The molecular formula is C13H24. The Kier molecular flexibility index (Phi) is 15.6. The Morgan fingerprint density at radius 1 is 1.08 bits per heavy atom. The topological polar surface area (TPSA) is 0 Å². The summed E-state index contributed by atoms with van der Waals surface area (Å²) in [5, 5.41) is 0. The average molecular weight is 180 g/mol. The summed E-state index contributed by atoms with van der Waals surface area (Å²) in [6, 6.07) is 0. The second kappa shape index (κ2) is 13.8. The molecule has 76 valence electrons. The van der Waals surface area contributed by atoms with Crippen molar-refractivity contribution in [3.8, 4) is 0 Å². The third-order valence-corrected chi connectivity index (χ3v) is 1.38. The van der Waals surface area contributed by atoms with Crippen molar-refractivity contribution in [3.63, 3.8) is 0 Å². The largest absolute Gasteiger partial charge is 0.0871 e. The summed E-state index contributed by atoms with van der Waals surface area (Å²) in [5.74, 6) is 0. The van der Waals surface area contributed by atoms with Crippen LogP contribution in [0.4, 0.5) is 0 Å². The lowest BCUT2D eigenvalue weighted by atomic mass is 10.1. The summed E-state index contributed by atoms with van der Waals surface area (Å²) < 4.78 is 0. The van der Waals surface area contributed by atoms with Gasteiger partial charge in [0.15, 0.2) is 0 Å². The van der Waals surface area contributed by atoms with Crippen LogP contribution in [0, 0.1) is 0 Å². The molecule has 0 saturated carbocycles. The number of rotatable bonds is 1. The molecule has 0 amide bonds. The van der Waals surface area contributed by atoms with Crippen LogP contribution < -0.4 is 0 Å². The van der Waals surface area contributed by atoms with E-state index in [-0.39, 0.29) is 0 Å². The summed E-state index contributed by atoms with van der Waals surface area (Å²) in [5.41, 5.74) is 1.35. The van der Waals surface area contributed by atoms with Crippen LogP contribution in [0.25, 0.3) is 0 Å². The molecule has 0 aliphatic heterocycles. The van der Waals surface area contributed by atoms with Crippen LogP contribution in [-0.2, 0) is 0 Å². The second-order valence-corrected chi connectivity index (χ2v) is 2.18. The van der Waals surface area contributed by atoms with Gasteiger partial charge in [0.2, 0.25) is 0 Å². The molecule has 0 spiro atoms. The van der Waals surface area contributed by atoms with Gasteiger partial charge >= 0.3 is 0 Å². The van der Waals surface area contributed by atoms with Gasteiger partial charge in [0, 0.05) is 0 Å². The molecule has 0 radical (unpaired) electrons. The van der Waals surface area contributed by atoms with Gasteiger partial charge in [-0.05, 0) is 25.3 Å². The van der Waals surface area contributed by atoms with Crippen molar-refractivity contribution < 1.29 is 0 Å². The van der Waals surface area contributed by atoms with Crippen LogP contribution in [0.5, 0.6) is 0 Å². The van der Waals surface area contributed by atoms with Crippen LogP contribution in [0.3, 0.4) is 0 Å². The molecule has 13 heavy (non-hydrogen) atoms. The Morgan fingerprint density at radius 3 is 2.08 bits per heavy atom. The molecule has 0 N–H and O–H groups in total. The fourth-order valence-electron chi connectivity index (χ4n) is 0.950. The highest BCUT2D eigenvalue weighted by Gasteiger charge is 1.89. The lowest BCUT2D eigenvalue weighted by Gasteiger charge is -1.99. The predicted molar refractivity (Wildman–Crippen MR) is 64.0 cm³/mol. The molecule has 0 unspecified atom stereocenters. The second-order valence-electron chi connectivity index (χ2n) is 2.18. The number of hydrogen-bond acceptors (Lipinski definition) is 0. The molecule has 0 nitrogen and oxygen atoms in total. The molecule has 1 aliphatic rings. The molecule has 0 fully saturated rings. The fourth-order valence-corrected chi connectivity index (χ4v) is 0.950. The van der Waals surface area contributed by atoms with Gasteiger partial charge in [0.05, 0.1) is 0 Å². The summed E-state index contributed by atoms with van der Waals surface area (Å²) >= 11 is 0. The van der Waals surface area contributed by atoms with Gasteiger partial charge in [-0.15, -0.1) is 0 Å². The Morgan fingerprint density at radius 2 is 1.69 bits per heavy atom. The van der Waals surface area contributed by atoms with Gasteiger partial charge in [-0.1, -0.05) is 58.1 Å². The van der Waals surface area contributed by atoms with Crippen LogP contribution in [0.1, 0.15) is 47.5 Å². The van der Waals surface area contributed by atoms with Gasteiger partial charge in [-0.25, -0.2) is 0 Å². The van der Waals surface area contributed by atoms with Gasteiger partial charge < -0.3 is 0 Å². The average Bonchev–Trinajstić information content (AvgIpc) is 2.26. The van der Waals surface area contributed by atoms with E-state index < -0.39 is 0 Å². The molecule has 0 aromatic carbocycles. The zero-order chi connectivity index (χ0) is 10.5. The Hall–Kier alpha value is -0.780. The Bertz CT molecular complexity index is 155. The molecule has 0 aromatic rings. The minimum atomic E-state index is 1.20. The van der Waals surface area contributed by atoms with E-state index in [1.807, 2.05) is 34.6 Å². The van der Waals surface area contributed by atoms with Crippen LogP contribution in [-0.4, -0.2) is 0 Å². The van der Waals surface area contributed by atoms with E-state index in [0.29, 0.717) is 0 Å². The van der Waals surface area contributed by atoms with E-state index in [0.717, 1.165) is 0 Å². The van der Waals surface area contributed by atoms with Crippen molar-refractivity contribution >= 4 is 0 Å². The molecule has 0 saturated heterocycles. The number of hydrogen-bond donors (Lipinski definition) is 0. The van der Waals surface area contributed by atoms with Crippen molar-refractivity contribution in [2.45, 2.75) is 47.5 Å². The molecule has 1 rings (SSSR count). The first-order chi connectivity index (χ1) is 6.43. The standard InChI is InChI=1S/C9H12.2C2H6/c1-2-6-9-7-4-3-5-8-9;2*1-2/h2,4,6-8H,3,5H2,1H3;2*1-2H3/b6-2+;;. The van der Waals surface area contributed by atoms with E-state index >= 15 is 0 Å². The zero-order valence-corrected chi connectivity index (χ0v) is 9.80. The van der Waals surface area contributed by atoms with Crippen LogP contribution in [0.15, 0.2) is 36.0 Å². The maximum atomic E-state index is 2.26. The van der Waals surface area contributed by atoms with E-state index in [1.54, 1.807) is 0 Å². The molecule has 0 heteroatoms. The van der Waals surface area contributed by atoms with Crippen molar-refractivity contribution in [3.05, 3.63) is 36.0 Å². The lowest BCUT2D eigenvalue weighted by molar-refractivity contribution is 1.02. The third-order valence-electron chi connectivity index (χ3n) is 1.38. The summed E-state index contributed by atoms with van der Waals surface area (Å²) in [6.45, 7) is 10.0. The van der Waals surface area contributed by atoms with Gasteiger partial charge in [-0.2, -0.15) is 0 Å². The molecule has 1 aliphatic carbocycles. The SMILES string of the molecule is C/C=C/C1=CCCC=C1.CC.CC. The smallest absolute Gasteiger partial charge is 0.0303 e. The van der Waals surface area contributed by atoms with Gasteiger partial charge in [0.1, 0.15) is 0 Å². The fraction of sp³-hybridized carbons (Fsp3) is 0.538. The highest BCUT2D eigenvalue weighted by Crippen LogP contribution is 2.09. The Labute approximate surface area is 84.1 Å². The molecule has 0 atom stereocenters. The van der Waals surface area contributed by atoms with Crippen molar-refractivity contribution in [2.75, 3.05) is 0 Å². The van der Waals surface area contributed by atoms with Gasteiger partial charge in [0.25, 0.3) is 0 Å².